The van der Waals surface area contributed by atoms with Crippen molar-refractivity contribution in [2.24, 2.45) is 5.41 Å². The highest BCUT2D eigenvalue weighted by molar-refractivity contribution is 6.04. The lowest BCUT2D eigenvalue weighted by molar-refractivity contribution is -0.171. The van der Waals surface area contributed by atoms with Gasteiger partial charge in [-0.3, -0.25) is 9.59 Å². The maximum atomic E-state index is 12.0. The molecule has 0 spiro atoms. The highest BCUT2D eigenvalue weighted by atomic mass is 16.5. The molecular formula is C12H20O6. The summed E-state index contributed by atoms with van der Waals surface area (Å²) < 4.78 is 15.3. The zero-order valence-electron chi connectivity index (χ0n) is 10.6. The Labute approximate surface area is 106 Å². The predicted octanol–water partition coefficient (Wildman–Crippen LogP) is -0.0757. The van der Waals surface area contributed by atoms with Crippen LogP contribution < -0.4 is 0 Å². The van der Waals surface area contributed by atoms with Crippen LogP contribution in [0.15, 0.2) is 0 Å². The van der Waals surface area contributed by atoms with Gasteiger partial charge in [0, 0.05) is 13.0 Å². The lowest BCUT2D eigenvalue weighted by Gasteiger charge is -2.32. The van der Waals surface area contributed by atoms with E-state index in [9.17, 15) is 9.59 Å². The largest absolute Gasteiger partial charge is 0.465 e. The Morgan fingerprint density at radius 3 is 2.89 bits per heavy atom. The number of esters is 1. The molecule has 1 atom stereocenters. The molecular weight excluding hydrogens is 240 g/mol. The average Bonchev–Trinajstić information content (AvgIpc) is 2.37. The van der Waals surface area contributed by atoms with Crippen LogP contribution in [-0.2, 0) is 23.8 Å². The van der Waals surface area contributed by atoms with Crippen molar-refractivity contribution in [3.8, 4) is 0 Å². The second kappa shape index (κ2) is 7.45. The molecule has 1 aliphatic heterocycles. The van der Waals surface area contributed by atoms with E-state index in [1.807, 2.05) is 0 Å². The number of aliphatic hydroxyl groups excluding tert-OH is 1. The van der Waals surface area contributed by atoms with Gasteiger partial charge in [-0.05, 0) is 13.3 Å². The number of carbonyl (C=O) groups excluding carboxylic acids is 2. The Bertz CT molecular complexity index is 290. The highest BCUT2D eigenvalue weighted by Gasteiger charge is 2.48. The molecule has 0 aliphatic carbocycles. The van der Waals surface area contributed by atoms with Crippen LogP contribution in [0.25, 0.3) is 0 Å². The molecule has 1 aliphatic rings. The summed E-state index contributed by atoms with van der Waals surface area (Å²) in [5.41, 5.74) is -1.23. The summed E-state index contributed by atoms with van der Waals surface area (Å²) in [6.45, 7) is 2.64. The lowest BCUT2D eigenvalue weighted by Crippen LogP contribution is -2.48. The first-order valence-electron chi connectivity index (χ1n) is 6.14. The summed E-state index contributed by atoms with van der Waals surface area (Å²) >= 11 is 0. The smallest absolute Gasteiger partial charge is 0.322 e. The SMILES string of the molecule is CCOC(=O)C1(CCOCCO)COCCC1=O. The number of hydrogen-bond acceptors (Lipinski definition) is 6. The number of ketones is 1. The van der Waals surface area contributed by atoms with E-state index in [1.54, 1.807) is 6.92 Å². The van der Waals surface area contributed by atoms with Gasteiger partial charge in [-0.15, -0.1) is 0 Å². The minimum Gasteiger partial charge on any atom is -0.465 e. The molecule has 0 radical (unpaired) electrons. The fourth-order valence-corrected chi connectivity index (χ4v) is 1.90. The Hall–Kier alpha value is -0.980. The second-order valence-electron chi connectivity index (χ2n) is 4.11. The Balaban J connectivity index is 2.67. The first kappa shape index (κ1) is 15.1. The van der Waals surface area contributed by atoms with E-state index in [1.165, 1.54) is 0 Å². The summed E-state index contributed by atoms with van der Waals surface area (Å²) in [7, 11) is 0. The molecule has 0 amide bonds. The molecule has 1 N–H and O–H groups in total. The molecule has 6 nitrogen and oxygen atoms in total. The van der Waals surface area contributed by atoms with Gasteiger partial charge in [0.15, 0.2) is 11.2 Å². The van der Waals surface area contributed by atoms with Crippen LogP contribution in [0.3, 0.4) is 0 Å². The third kappa shape index (κ3) is 3.51. The normalized spacial score (nSPS) is 24.0. The molecule has 1 heterocycles. The van der Waals surface area contributed by atoms with Crippen molar-refractivity contribution in [1.29, 1.82) is 0 Å². The van der Waals surface area contributed by atoms with E-state index in [4.69, 9.17) is 19.3 Å². The minimum atomic E-state index is -1.23. The Kier molecular flexibility index (Phi) is 6.24. The molecule has 1 unspecified atom stereocenters. The van der Waals surface area contributed by atoms with Crippen LogP contribution in [0.1, 0.15) is 19.8 Å². The number of ether oxygens (including phenoxy) is 3. The molecule has 0 bridgehead atoms. The topological polar surface area (TPSA) is 82.1 Å². The third-order valence-corrected chi connectivity index (χ3v) is 2.93. The maximum absolute atomic E-state index is 12.0. The van der Waals surface area contributed by atoms with Crippen molar-refractivity contribution in [3.05, 3.63) is 0 Å². The van der Waals surface area contributed by atoms with Gasteiger partial charge in [0.1, 0.15) is 0 Å². The van der Waals surface area contributed by atoms with Crippen molar-refractivity contribution in [3.63, 3.8) is 0 Å². The molecule has 18 heavy (non-hydrogen) atoms. The first-order chi connectivity index (χ1) is 8.67. The summed E-state index contributed by atoms with van der Waals surface area (Å²) in [5, 5.41) is 8.60. The van der Waals surface area contributed by atoms with Crippen LogP contribution >= 0.6 is 0 Å². The lowest BCUT2D eigenvalue weighted by atomic mass is 9.78. The van der Waals surface area contributed by atoms with Crippen molar-refractivity contribution in [2.45, 2.75) is 19.8 Å². The number of aliphatic hydroxyl groups is 1. The zero-order chi connectivity index (χ0) is 13.4. The van der Waals surface area contributed by atoms with Gasteiger partial charge < -0.3 is 19.3 Å². The Morgan fingerprint density at radius 2 is 2.28 bits per heavy atom. The molecule has 6 heteroatoms. The number of carbonyl (C=O) groups is 2. The molecule has 0 aromatic rings. The van der Waals surface area contributed by atoms with E-state index in [0.717, 1.165) is 0 Å². The molecule has 0 aromatic heterocycles. The van der Waals surface area contributed by atoms with Crippen LogP contribution in [0.5, 0.6) is 0 Å². The van der Waals surface area contributed by atoms with E-state index < -0.39 is 11.4 Å². The fourth-order valence-electron chi connectivity index (χ4n) is 1.90. The van der Waals surface area contributed by atoms with E-state index in [0.29, 0.717) is 6.61 Å². The van der Waals surface area contributed by atoms with Gasteiger partial charge in [-0.1, -0.05) is 0 Å². The highest BCUT2D eigenvalue weighted by Crippen LogP contribution is 2.31. The standard InChI is InChI=1S/C12H20O6/c1-2-18-11(15)12(4-7-16-8-5-13)9-17-6-3-10(12)14/h13H,2-9H2,1H3. The predicted molar refractivity (Wildman–Crippen MR) is 62.0 cm³/mol. The van der Waals surface area contributed by atoms with Gasteiger partial charge in [-0.2, -0.15) is 0 Å². The van der Waals surface area contributed by atoms with Crippen LogP contribution in [-0.4, -0.2) is 56.5 Å². The van der Waals surface area contributed by atoms with Gasteiger partial charge in [0.25, 0.3) is 0 Å². The van der Waals surface area contributed by atoms with E-state index >= 15 is 0 Å². The van der Waals surface area contributed by atoms with Gasteiger partial charge >= 0.3 is 5.97 Å². The molecule has 1 rings (SSSR count). The average molecular weight is 260 g/mol. The van der Waals surface area contributed by atoms with E-state index in [-0.39, 0.29) is 51.7 Å². The summed E-state index contributed by atoms with van der Waals surface area (Å²) in [6, 6.07) is 0. The monoisotopic (exact) mass is 260 g/mol. The molecule has 104 valence electrons. The second-order valence-corrected chi connectivity index (χ2v) is 4.11. The third-order valence-electron chi connectivity index (χ3n) is 2.93. The van der Waals surface area contributed by atoms with Crippen molar-refractivity contribution in [2.75, 3.05) is 39.6 Å². The van der Waals surface area contributed by atoms with Crippen molar-refractivity contribution in [1.82, 2.24) is 0 Å². The van der Waals surface area contributed by atoms with Crippen molar-refractivity contribution < 1.29 is 28.9 Å². The molecule has 0 aromatic carbocycles. The fraction of sp³-hybridized carbons (Fsp3) is 0.833. The first-order valence-corrected chi connectivity index (χ1v) is 6.14. The van der Waals surface area contributed by atoms with Gasteiger partial charge in [-0.25, -0.2) is 0 Å². The summed E-state index contributed by atoms with van der Waals surface area (Å²) in [5.74, 6) is -0.693. The van der Waals surface area contributed by atoms with Gasteiger partial charge in [0.2, 0.25) is 0 Å². The zero-order valence-corrected chi connectivity index (χ0v) is 10.6. The number of Topliss-reactive ketones (excluding diaryl/α,β-unsaturated/α-hetero) is 1. The minimum absolute atomic E-state index is 0.0488. The number of rotatable bonds is 7. The van der Waals surface area contributed by atoms with Gasteiger partial charge in [0.05, 0.1) is 33.0 Å². The van der Waals surface area contributed by atoms with Crippen LogP contribution in [0, 0.1) is 5.41 Å². The molecule has 0 saturated carbocycles. The molecule has 1 fully saturated rings. The van der Waals surface area contributed by atoms with Crippen molar-refractivity contribution >= 4 is 11.8 Å². The Morgan fingerprint density at radius 1 is 1.50 bits per heavy atom. The van der Waals surface area contributed by atoms with Crippen LogP contribution in [0.2, 0.25) is 0 Å². The van der Waals surface area contributed by atoms with E-state index in [2.05, 4.69) is 0 Å². The number of hydrogen-bond donors (Lipinski definition) is 1. The maximum Gasteiger partial charge on any atom is 0.322 e. The van der Waals surface area contributed by atoms with Crippen LogP contribution in [0.4, 0.5) is 0 Å². The summed E-state index contributed by atoms with van der Waals surface area (Å²) in [4.78, 5) is 24.0. The molecule has 1 saturated heterocycles. The quantitative estimate of drug-likeness (QED) is 0.392. The summed E-state index contributed by atoms with van der Waals surface area (Å²) in [6.07, 6.45) is 0.448.